The molecule has 0 bridgehead atoms. The van der Waals surface area contributed by atoms with Crippen LogP contribution in [0.25, 0.3) is 5.57 Å². The molecule has 1 aliphatic heterocycles. The normalized spacial score (nSPS) is 14.2. The molecule has 160 valence electrons. The van der Waals surface area contributed by atoms with Crippen molar-refractivity contribution in [2.24, 2.45) is 0 Å². The van der Waals surface area contributed by atoms with Gasteiger partial charge in [0.1, 0.15) is 11.6 Å². The minimum Gasteiger partial charge on any atom is -0.331 e. The zero-order chi connectivity index (χ0) is 22.2. The topological polar surface area (TPSA) is 46.9 Å². The number of hydrogen-bond acceptors (Lipinski definition) is 2. The van der Waals surface area contributed by atoms with Gasteiger partial charge in [0.2, 0.25) is 0 Å². The third-order valence-corrected chi connectivity index (χ3v) is 5.59. The molecule has 6 heteroatoms. The van der Waals surface area contributed by atoms with Gasteiger partial charge in [-0.3, -0.25) is 4.79 Å². The van der Waals surface area contributed by atoms with E-state index in [1.54, 1.807) is 12.5 Å². The van der Waals surface area contributed by atoms with Gasteiger partial charge in [0.05, 0.1) is 23.9 Å². The Balaban J connectivity index is 1.80. The minimum atomic E-state index is -0.802. The summed E-state index contributed by atoms with van der Waals surface area (Å²) >= 11 is 0. The third-order valence-electron chi connectivity index (χ3n) is 5.59. The van der Waals surface area contributed by atoms with Crippen molar-refractivity contribution in [1.29, 1.82) is 0 Å². The average Bonchev–Trinajstić information content (AvgIpc) is 3.09. The fourth-order valence-corrected chi connectivity index (χ4v) is 3.89. The van der Waals surface area contributed by atoms with Gasteiger partial charge in [0.15, 0.2) is 0 Å². The Morgan fingerprint density at radius 3 is 2.52 bits per heavy atom. The van der Waals surface area contributed by atoms with Crippen molar-refractivity contribution in [2.45, 2.75) is 45.6 Å². The Morgan fingerprint density at radius 2 is 1.84 bits per heavy atom. The summed E-state index contributed by atoms with van der Waals surface area (Å²) in [7, 11) is 0. The molecule has 4 rings (SSSR count). The van der Waals surface area contributed by atoms with Gasteiger partial charge in [-0.15, -0.1) is 0 Å². The van der Waals surface area contributed by atoms with Gasteiger partial charge in [-0.25, -0.2) is 13.8 Å². The number of carbonyl (C=O) groups excluding carboxylic acids is 1. The van der Waals surface area contributed by atoms with Gasteiger partial charge in [0.25, 0.3) is 5.91 Å². The second-order valence-corrected chi connectivity index (χ2v) is 8.84. The Bertz CT molecular complexity index is 1150. The summed E-state index contributed by atoms with van der Waals surface area (Å²) in [5.41, 5.74) is 4.27. The van der Waals surface area contributed by atoms with Crippen molar-refractivity contribution in [1.82, 2.24) is 9.55 Å². The number of benzene rings is 2. The summed E-state index contributed by atoms with van der Waals surface area (Å²) < 4.78 is 29.4. The molecule has 1 N–H and O–H groups in total. The summed E-state index contributed by atoms with van der Waals surface area (Å²) in [6.45, 7) is 7.19. The summed E-state index contributed by atoms with van der Waals surface area (Å²) in [6, 6.07) is 11.3. The van der Waals surface area contributed by atoms with E-state index in [4.69, 9.17) is 0 Å². The van der Waals surface area contributed by atoms with Crippen LogP contribution in [0.1, 0.15) is 50.4 Å². The molecule has 0 atom stereocenters. The number of nitrogens with one attached hydrogen (secondary N) is 1. The molecule has 1 amide bonds. The summed E-state index contributed by atoms with van der Waals surface area (Å²) in [6.07, 6.45) is 4.80. The van der Waals surface area contributed by atoms with Crippen LogP contribution >= 0.6 is 0 Å². The van der Waals surface area contributed by atoms with Crippen LogP contribution in [0, 0.1) is 11.6 Å². The number of nitrogens with zero attached hydrogens (tertiary/aromatic N) is 2. The van der Waals surface area contributed by atoms with Gasteiger partial charge < -0.3 is 9.88 Å². The van der Waals surface area contributed by atoms with Crippen molar-refractivity contribution in [3.63, 3.8) is 0 Å². The highest BCUT2D eigenvalue weighted by Gasteiger charge is 2.25. The van der Waals surface area contributed by atoms with Crippen LogP contribution in [0.2, 0.25) is 0 Å². The SMILES string of the molecule is CC(C)(C)c1ccc(C2=C(C(=O)Nc3ccc(F)cc3F)CCCn3cncc32)cc1. The number of hydrogen-bond donors (Lipinski definition) is 1. The maximum absolute atomic E-state index is 14.1. The zero-order valence-electron chi connectivity index (χ0n) is 17.9. The quantitative estimate of drug-likeness (QED) is 0.590. The molecule has 1 aliphatic rings. The van der Waals surface area contributed by atoms with E-state index in [-0.39, 0.29) is 11.1 Å². The molecule has 0 unspecified atom stereocenters. The van der Waals surface area contributed by atoms with E-state index >= 15 is 0 Å². The first-order valence-corrected chi connectivity index (χ1v) is 10.3. The highest BCUT2D eigenvalue weighted by Crippen LogP contribution is 2.34. The molecular weight excluding hydrogens is 396 g/mol. The number of anilines is 1. The Hall–Kier alpha value is -3.28. The smallest absolute Gasteiger partial charge is 0.252 e. The van der Waals surface area contributed by atoms with Crippen LogP contribution in [-0.2, 0) is 16.8 Å². The first-order chi connectivity index (χ1) is 14.7. The lowest BCUT2D eigenvalue weighted by Gasteiger charge is -2.20. The molecule has 2 heterocycles. The molecule has 0 aliphatic carbocycles. The van der Waals surface area contributed by atoms with E-state index in [2.05, 4.69) is 43.2 Å². The molecule has 3 aromatic rings. The first-order valence-electron chi connectivity index (χ1n) is 10.3. The molecule has 0 radical (unpaired) electrons. The van der Waals surface area contributed by atoms with Crippen molar-refractivity contribution in [3.8, 4) is 0 Å². The van der Waals surface area contributed by atoms with Crippen molar-refractivity contribution in [2.75, 3.05) is 5.32 Å². The van der Waals surface area contributed by atoms with Crippen LogP contribution in [0.4, 0.5) is 14.5 Å². The highest BCUT2D eigenvalue weighted by molar-refractivity contribution is 6.11. The van der Waals surface area contributed by atoms with Crippen LogP contribution in [0.5, 0.6) is 0 Å². The van der Waals surface area contributed by atoms with E-state index in [1.165, 1.54) is 11.6 Å². The van der Waals surface area contributed by atoms with E-state index in [0.29, 0.717) is 12.0 Å². The largest absolute Gasteiger partial charge is 0.331 e. The Morgan fingerprint density at radius 1 is 1.10 bits per heavy atom. The van der Waals surface area contributed by atoms with Gasteiger partial charge in [-0.1, -0.05) is 45.0 Å². The van der Waals surface area contributed by atoms with Gasteiger partial charge in [-0.2, -0.15) is 0 Å². The Kier molecular flexibility index (Phi) is 5.48. The molecule has 2 aromatic carbocycles. The lowest BCUT2D eigenvalue weighted by molar-refractivity contribution is -0.113. The first kappa shape index (κ1) is 21.0. The predicted molar refractivity (Wildman–Crippen MR) is 118 cm³/mol. The number of amides is 1. The number of aromatic nitrogens is 2. The molecule has 1 aromatic heterocycles. The lowest BCUT2D eigenvalue weighted by Crippen LogP contribution is -2.17. The van der Waals surface area contributed by atoms with Crippen LogP contribution in [0.15, 0.2) is 60.6 Å². The fourth-order valence-electron chi connectivity index (χ4n) is 3.89. The van der Waals surface area contributed by atoms with Crippen LogP contribution in [0.3, 0.4) is 0 Å². The molecule has 0 saturated heterocycles. The van der Waals surface area contributed by atoms with Crippen LogP contribution in [-0.4, -0.2) is 15.5 Å². The standard InChI is InChI=1S/C25H25F2N3O/c1-25(2,3)17-8-6-16(7-9-17)23-19(5-4-12-30-15-28-14-22(23)30)24(31)29-21-11-10-18(26)13-20(21)27/h6-11,13-15H,4-5,12H2,1-3H3,(H,29,31). The Labute approximate surface area is 180 Å². The van der Waals surface area contributed by atoms with Gasteiger partial charge in [0, 0.05) is 23.8 Å². The number of carbonyl (C=O) groups is 1. The van der Waals surface area contributed by atoms with Gasteiger partial charge in [-0.05, 0) is 41.5 Å². The third kappa shape index (κ3) is 4.29. The zero-order valence-corrected chi connectivity index (χ0v) is 17.9. The second kappa shape index (κ2) is 8.10. The number of aryl methyl sites for hydroxylation is 1. The van der Waals surface area contributed by atoms with E-state index < -0.39 is 17.5 Å². The monoisotopic (exact) mass is 421 g/mol. The molecular formula is C25H25F2N3O. The summed E-state index contributed by atoms with van der Waals surface area (Å²) in [5.74, 6) is -1.88. The van der Waals surface area contributed by atoms with Crippen LogP contribution < -0.4 is 5.32 Å². The van der Waals surface area contributed by atoms with Gasteiger partial charge >= 0.3 is 0 Å². The van der Waals surface area contributed by atoms with Crippen molar-refractivity contribution < 1.29 is 13.6 Å². The van der Waals surface area contributed by atoms with Crippen molar-refractivity contribution in [3.05, 3.63) is 89.0 Å². The predicted octanol–water partition coefficient (Wildman–Crippen LogP) is 5.69. The van der Waals surface area contributed by atoms with E-state index in [0.717, 1.165) is 41.9 Å². The van der Waals surface area contributed by atoms with Crippen molar-refractivity contribution >= 4 is 17.2 Å². The number of rotatable bonds is 3. The second-order valence-electron chi connectivity index (χ2n) is 8.84. The summed E-state index contributed by atoms with van der Waals surface area (Å²) in [4.78, 5) is 17.5. The molecule has 4 nitrogen and oxygen atoms in total. The molecule has 0 fully saturated rings. The maximum atomic E-state index is 14.1. The molecule has 0 saturated carbocycles. The maximum Gasteiger partial charge on any atom is 0.252 e. The number of halogens is 2. The highest BCUT2D eigenvalue weighted by atomic mass is 19.1. The van der Waals surface area contributed by atoms with E-state index in [1.807, 2.05) is 16.7 Å². The molecule has 0 spiro atoms. The number of imidazole rings is 1. The summed E-state index contributed by atoms with van der Waals surface area (Å²) in [5, 5.41) is 2.63. The van der Waals surface area contributed by atoms with E-state index in [9.17, 15) is 13.6 Å². The average molecular weight is 421 g/mol. The minimum absolute atomic E-state index is 0.0124. The lowest BCUT2D eigenvalue weighted by atomic mass is 9.85. The number of fused-ring (bicyclic) bond motifs is 1. The fraction of sp³-hybridized carbons (Fsp3) is 0.280. The molecule has 31 heavy (non-hydrogen) atoms.